The summed E-state index contributed by atoms with van der Waals surface area (Å²) in [6.07, 6.45) is 0.897. The summed E-state index contributed by atoms with van der Waals surface area (Å²) in [5.41, 5.74) is 5.44. The Hall–Kier alpha value is -0.660. The Kier molecular flexibility index (Phi) is 5.35. The van der Waals surface area contributed by atoms with Gasteiger partial charge in [0.2, 0.25) is 5.91 Å². The molecule has 6 nitrogen and oxygen atoms in total. The lowest BCUT2D eigenvalue weighted by Gasteiger charge is -2.12. The van der Waals surface area contributed by atoms with Gasteiger partial charge < -0.3 is 15.8 Å². The maximum Gasteiger partial charge on any atom is 0.249 e. The van der Waals surface area contributed by atoms with Crippen molar-refractivity contribution < 1.29 is 17.9 Å². The van der Waals surface area contributed by atoms with Crippen LogP contribution in [0, 0.1) is 0 Å². The number of nitrogens with two attached hydrogens (primary N) is 1. The zero-order chi connectivity index (χ0) is 12.9. The van der Waals surface area contributed by atoms with E-state index >= 15 is 0 Å². The smallest absolute Gasteiger partial charge is 0.249 e. The molecule has 0 spiro atoms. The summed E-state index contributed by atoms with van der Waals surface area (Å²) < 4.78 is 27.8. The first-order chi connectivity index (χ1) is 7.98. The molecule has 0 aromatic heterocycles. The van der Waals surface area contributed by atoms with Crippen molar-refractivity contribution >= 4 is 15.7 Å². The molecule has 100 valence electrons. The standard InChI is InChI=1S/C10H20N2O4S/c1-2-17(14,15)6-5-12-10(13)9-4-3-8(7-11)16-9/h8-9H,2-7,11H2,1H3,(H,12,13). The van der Waals surface area contributed by atoms with Crippen molar-refractivity contribution in [2.45, 2.75) is 32.0 Å². The third kappa shape index (κ3) is 4.61. The molecule has 0 saturated carbocycles. The maximum atomic E-state index is 11.6. The molecule has 17 heavy (non-hydrogen) atoms. The fourth-order valence-corrected chi connectivity index (χ4v) is 2.36. The molecule has 0 bridgehead atoms. The largest absolute Gasteiger partial charge is 0.364 e. The molecule has 0 aromatic carbocycles. The average molecular weight is 264 g/mol. The van der Waals surface area contributed by atoms with E-state index in [1.165, 1.54) is 0 Å². The summed E-state index contributed by atoms with van der Waals surface area (Å²) in [7, 11) is -3.03. The molecule has 1 aliphatic rings. The monoisotopic (exact) mass is 264 g/mol. The van der Waals surface area contributed by atoms with E-state index in [1.54, 1.807) is 6.92 Å². The Balaban J connectivity index is 2.27. The second kappa shape index (κ2) is 6.32. The van der Waals surface area contributed by atoms with Gasteiger partial charge in [0, 0.05) is 18.8 Å². The zero-order valence-electron chi connectivity index (χ0n) is 10.0. The topological polar surface area (TPSA) is 98.5 Å². The van der Waals surface area contributed by atoms with Gasteiger partial charge in [-0.05, 0) is 12.8 Å². The van der Waals surface area contributed by atoms with Gasteiger partial charge in [-0.15, -0.1) is 0 Å². The first-order valence-corrected chi connectivity index (χ1v) is 7.64. The molecule has 3 N–H and O–H groups in total. The normalized spacial score (nSPS) is 24.8. The molecule has 2 atom stereocenters. The molecule has 7 heteroatoms. The first kappa shape index (κ1) is 14.4. The van der Waals surface area contributed by atoms with Crippen LogP contribution >= 0.6 is 0 Å². The minimum absolute atomic E-state index is 0.0255. The van der Waals surface area contributed by atoms with Crippen LogP contribution in [0.4, 0.5) is 0 Å². The molecule has 1 saturated heterocycles. The van der Waals surface area contributed by atoms with Crippen LogP contribution in [0.3, 0.4) is 0 Å². The Morgan fingerprint density at radius 2 is 2.18 bits per heavy atom. The molecule has 0 aliphatic carbocycles. The lowest BCUT2D eigenvalue weighted by Crippen LogP contribution is -2.38. The Morgan fingerprint density at radius 1 is 1.47 bits per heavy atom. The number of carbonyl (C=O) groups excluding carboxylic acids is 1. The maximum absolute atomic E-state index is 11.6. The number of amides is 1. The molecular formula is C10H20N2O4S. The van der Waals surface area contributed by atoms with Crippen LogP contribution in [-0.4, -0.2) is 51.1 Å². The lowest BCUT2D eigenvalue weighted by molar-refractivity contribution is -0.131. The molecule has 1 aliphatic heterocycles. The molecule has 1 amide bonds. The third-order valence-corrected chi connectivity index (χ3v) is 4.52. The summed E-state index contributed by atoms with van der Waals surface area (Å²) >= 11 is 0. The first-order valence-electron chi connectivity index (χ1n) is 5.82. The van der Waals surface area contributed by atoms with Crippen molar-refractivity contribution in [1.29, 1.82) is 0 Å². The number of hydrogen-bond acceptors (Lipinski definition) is 5. The number of hydrogen-bond donors (Lipinski definition) is 2. The highest BCUT2D eigenvalue weighted by Crippen LogP contribution is 2.18. The van der Waals surface area contributed by atoms with Gasteiger partial charge in [-0.3, -0.25) is 4.79 Å². The Morgan fingerprint density at radius 3 is 2.71 bits per heavy atom. The number of ether oxygens (including phenoxy) is 1. The summed E-state index contributed by atoms with van der Waals surface area (Å²) in [5.74, 6) is -0.174. The SMILES string of the molecule is CCS(=O)(=O)CCNC(=O)C1CCC(CN)O1. The van der Waals surface area contributed by atoms with Crippen LogP contribution in [0.1, 0.15) is 19.8 Å². The van der Waals surface area contributed by atoms with Gasteiger partial charge >= 0.3 is 0 Å². The fourth-order valence-electron chi connectivity index (χ4n) is 1.66. The van der Waals surface area contributed by atoms with Gasteiger partial charge in [-0.25, -0.2) is 8.42 Å². The van der Waals surface area contributed by atoms with Gasteiger partial charge in [0.1, 0.15) is 6.10 Å². The molecule has 1 fully saturated rings. The zero-order valence-corrected chi connectivity index (χ0v) is 10.8. The third-order valence-electron chi connectivity index (χ3n) is 2.81. The minimum Gasteiger partial charge on any atom is -0.364 e. The van der Waals surface area contributed by atoms with Crippen LogP contribution in [0.5, 0.6) is 0 Å². The summed E-state index contributed by atoms with van der Waals surface area (Å²) in [6.45, 7) is 2.14. The summed E-state index contributed by atoms with van der Waals surface area (Å²) in [6, 6.07) is 0. The Labute approximate surface area is 102 Å². The molecule has 0 radical (unpaired) electrons. The molecule has 1 rings (SSSR count). The van der Waals surface area contributed by atoms with E-state index < -0.39 is 15.9 Å². The van der Waals surface area contributed by atoms with Crippen LogP contribution < -0.4 is 11.1 Å². The predicted octanol–water partition coefficient (Wildman–Crippen LogP) is -0.956. The van der Waals surface area contributed by atoms with E-state index in [0.717, 1.165) is 6.42 Å². The second-order valence-electron chi connectivity index (χ2n) is 4.09. The van der Waals surface area contributed by atoms with Gasteiger partial charge in [-0.2, -0.15) is 0 Å². The molecular weight excluding hydrogens is 244 g/mol. The van der Waals surface area contributed by atoms with Crippen LogP contribution in [0.2, 0.25) is 0 Å². The van der Waals surface area contributed by atoms with Gasteiger partial charge in [0.25, 0.3) is 0 Å². The van der Waals surface area contributed by atoms with Crippen LogP contribution in [0.15, 0.2) is 0 Å². The van der Waals surface area contributed by atoms with Crippen molar-refractivity contribution in [3.8, 4) is 0 Å². The van der Waals surface area contributed by atoms with Gasteiger partial charge in [0.15, 0.2) is 9.84 Å². The highest BCUT2D eigenvalue weighted by molar-refractivity contribution is 7.91. The minimum atomic E-state index is -3.03. The average Bonchev–Trinajstić information content (AvgIpc) is 2.77. The van der Waals surface area contributed by atoms with Gasteiger partial charge in [-0.1, -0.05) is 6.92 Å². The number of nitrogens with one attached hydrogen (secondary N) is 1. The van der Waals surface area contributed by atoms with Crippen LogP contribution in [0.25, 0.3) is 0 Å². The van der Waals surface area contributed by atoms with Gasteiger partial charge in [0.05, 0.1) is 11.9 Å². The molecule has 0 aromatic rings. The lowest BCUT2D eigenvalue weighted by atomic mass is 10.2. The van der Waals surface area contributed by atoms with Crippen molar-refractivity contribution in [1.82, 2.24) is 5.32 Å². The van der Waals surface area contributed by atoms with Crippen molar-refractivity contribution in [3.63, 3.8) is 0 Å². The number of sulfone groups is 1. The summed E-state index contributed by atoms with van der Waals surface area (Å²) in [5, 5.41) is 2.58. The number of rotatable bonds is 6. The van der Waals surface area contributed by atoms with Crippen molar-refractivity contribution in [2.75, 3.05) is 24.6 Å². The fraction of sp³-hybridized carbons (Fsp3) is 0.900. The number of carbonyl (C=O) groups is 1. The predicted molar refractivity (Wildman–Crippen MR) is 64.3 cm³/mol. The van der Waals surface area contributed by atoms with E-state index in [1.807, 2.05) is 0 Å². The van der Waals surface area contributed by atoms with E-state index in [4.69, 9.17) is 10.5 Å². The Bertz CT molecular complexity index is 355. The van der Waals surface area contributed by atoms with E-state index in [2.05, 4.69) is 5.32 Å². The van der Waals surface area contributed by atoms with E-state index in [0.29, 0.717) is 13.0 Å². The molecule has 2 unspecified atom stereocenters. The molecule has 1 heterocycles. The second-order valence-corrected chi connectivity index (χ2v) is 6.56. The van der Waals surface area contributed by atoms with E-state index in [-0.39, 0.29) is 30.1 Å². The summed E-state index contributed by atoms with van der Waals surface area (Å²) in [4.78, 5) is 11.6. The van der Waals surface area contributed by atoms with Crippen molar-refractivity contribution in [3.05, 3.63) is 0 Å². The van der Waals surface area contributed by atoms with Crippen molar-refractivity contribution in [2.24, 2.45) is 5.73 Å². The highest BCUT2D eigenvalue weighted by Gasteiger charge is 2.29. The van der Waals surface area contributed by atoms with Crippen LogP contribution in [-0.2, 0) is 19.4 Å². The van der Waals surface area contributed by atoms with E-state index in [9.17, 15) is 13.2 Å². The quantitative estimate of drug-likeness (QED) is 0.644. The highest BCUT2D eigenvalue weighted by atomic mass is 32.2.